The molecule has 3 heterocycles. The number of carbonyl (C=O) groups excluding carboxylic acids is 1. The van der Waals surface area contributed by atoms with Gasteiger partial charge in [0.25, 0.3) is 5.91 Å². The van der Waals surface area contributed by atoms with E-state index in [1.54, 1.807) is 0 Å². The minimum Gasteiger partial charge on any atom is -0.328 e. The number of hydrogen-bond acceptors (Lipinski definition) is 4. The molecular formula is C18H22N6O. The average Bonchev–Trinajstić information content (AvgIpc) is 3.18. The van der Waals surface area contributed by atoms with Crippen LogP contribution in [-0.2, 0) is 6.54 Å². The predicted molar refractivity (Wildman–Crippen MR) is 94.1 cm³/mol. The number of H-pyrrole nitrogens is 1. The number of nitrogens with one attached hydrogen (secondary N) is 1. The molecule has 7 nitrogen and oxygen atoms in total. The Balaban J connectivity index is 1.68. The second-order valence-electron chi connectivity index (χ2n) is 7.12. The van der Waals surface area contributed by atoms with Gasteiger partial charge in [-0.3, -0.25) is 9.89 Å². The number of hydrogen-bond donors (Lipinski definition) is 1. The van der Waals surface area contributed by atoms with Crippen LogP contribution in [0.3, 0.4) is 0 Å². The Morgan fingerprint density at radius 2 is 2.12 bits per heavy atom. The van der Waals surface area contributed by atoms with Crippen LogP contribution < -0.4 is 0 Å². The number of carbonyl (C=O) groups is 1. The maximum atomic E-state index is 13.1. The van der Waals surface area contributed by atoms with E-state index in [9.17, 15) is 4.79 Å². The lowest BCUT2D eigenvalue weighted by Crippen LogP contribution is -2.42. The van der Waals surface area contributed by atoms with Crippen LogP contribution in [0.15, 0.2) is 24.3 Å². The first-order valence-corrected chi connectivity index (χ1v) is 8.67. The number of aromatic amines is 1. The topological polar surface area (TPSA) is 79.7 Å². The van der Waals surface area contributed by atoms with Crippen LogP contribution in [0.5, 0.6) is 0 Å². The van der Waals surface area contributed by atoms with E-state index in [-0.39, 0.29) is 11.9 Å². The van der Waals surface area contributed by atoms with E-state index in [0.29, 0.717) is 24.7 Å². The van der Waals surface area contributed by atoms with Crippen LogP contribution in [0.1, 0.15) is 48.4 Å². The third-order valence-electron chi connectivity index (χ3n) is 4.77. The zero-order valence-electron chi connectivity index (χ0n) is 14.7. The number of fused-ring (bicyclic) bond motifs is 2. The van der Waals surface area contributed by atoms with Crippen molar-refractivity contribution in [3.8, 4) is 0 Å². The monoisotopic (exact) mass is 338 g/mol. The molecule has 1 atom stereocenters. The van der Waals surface area contributed by atoms with Crippen LogP contribution >= 0.6 is 0 Å². The van der Waals surface area contributed by atoms with Gasteiger partial charge in [0, 0.05) is 11.9 Å². The fraction of sp³-hybridized carbons (Fsp3) is 0.444. The molecule has 1 aliphatic heterocycles. The molecule has 1 aliphatic rings. The molecule has 0 radical (unpaired) electrons. The Bertz CT molecular complexity index is 925. The molecule has 0 fully saturated rings. The summed E-state index contributed by atoms with van der Waals surface area (Å²) in [6, 6.07) is 7.91. The summed E-state index contributed by atoms with van der Waals surface area (Å²) in [5.41, 5.74) is 1.35. The molecular weight excluding hydrogens is 316 g/mol. The number of nitrogens with zero attached hydrogens (tertiary/aromatic N) is 5. The normalized spacial score (nSPS) is 17.3. The molecule has 0 saturated heterocycles. The van der Waals surface area contributed by atoms with Crippen LogP contribution in [0.4, 0.5) is 0 Å². The third kappa shape index (κ3) is 2.69. The van der Waals surface area contributed by atoms with Crippen LogP contribution in [0, 0.1) is 12.8 Å². The van der Waals surface area contributed by atoms with Crippen LogP contribution in [0.2, 0.25) is 0 Å². The van der Waals surface area contributed by atoms with E-state index >= 15 is 0 Å². The van der Waals surface area contributed by atoms with Crippen LogP contribution in [0.25, 0.3) is 10.9 Å². The summed E-state index contributed by atoms with van der Waals surface area (Å²) < 4.78 is 2.19. The van der Waals surface area contributed by atoms with Crippen molar-refractivity contribution in [2.75, 3.05) is 6.54 Å². The molecule has 7 heteroatoms. The summed E-state index contributed by atoms with van der Waals surface area (Å²) in [7, 11) is 0. The number of aryl methyl sites for hydroxylation is 1. The van der Waals surface area contributed by atoms with Gasteiger partial charge in [-0.1, -0.05) is 32.0 Å². The SMILES string of the molecule is Cc1nnc2n1[C@@H](CC(C)C)CN(C(=O)c1n[nH]c3ccccc13)C2. The first-order chi connectivity index (χ1) is 12.0. The van der Waals surface area contributed by atoms with Gasteiger partial charge in [0.2, 0.25) is 0 Å². The van der Waals surface area contributed by atoms with Gasteiger partial charge in [0.05, 0.1) is 18.1 Å². The lowest BCUT2D eigenvalue weighted by atomic mass is 10.0. The number of rotatable bonds is 3. The van der Waals surface area contributed by atoms with Gasteiger partial charge >= 0.3 is 0 Å². The van der Waals surface area contributed by atoms with Crippen molar-refractivity contribution < 1.29 is 4.79 Å². The molecule has 3 aromatic rings. The largest absolute Gasteiger partial charge is 0.328 e. The summed E-state index contributed by atoms with van der Waals surface area (Å²) >= 11 is 0. The van der Waals surface area contributed by atoms with Crippen molar-refractivity contribution in [1.29, 1.82) is 0 Å². The molecule has 0 saturated carbocycles. The zero-order valence-corrected chi connectivity index (χ0v) is 14.7. The lowest BCUT2D eigenvalue weighted by molar-refractivity contribution is 0.0656. The maximum Gasteiger partial charge on any atom is 0.275 e. The standard InChI is InChI=1S/C18H22N6O/c1-11(2)8-13-9-23(10-16-21-19-12(3)24(13)16)18(25)17-14-6-4-5-7-15(14)20-22-17/h4-7,11,13H,8-10H2,1-3H3,(H,20,22)/t13-/m0/s1. The highest BCUT2D eigenvalue weighted by atomic mass is 16.2. The van der Waals surface area contributed by atoms with E-state index in [4.69, 9.17) is 0 Å². The van der Waals surface area contributed by atoms with Gasteiger partial charge in [-0.2, -0.15) is 5.10 Å². The fourth-order valence-electron chi connectivity index (χ4n) is 3.72. The molecule has 2 aromatic heterocycles. The Morgan fingerprint density at radius 3 is 2.92 bits per heavy atom. The van der Waals surface area contributed by atoms with E-state index in [0.717, 1.165) is 29.0 Å². The molecule has 0 bridgehead atoms. The highest BCUT2D eigenvalue weighted by molar-refractivity contribution is 6.04. The second-order valence-corrected chi connectivity index (χ2v) is 7.12. The molecule has 1 N–H and O–H groups in total. The van der Waals surface area contributed by atoms with E-state index < -0.39 is 0 Å². The van der Waals surface area contributed by atoms with Gasteiger partial charge in [-0.15, -0.1) is 10.2 Å². The predicted octanol–water partition coefficient (Wildman–Crippen LogP) is 2.71. The van der Waals surface area contributed by atoms with Crippen molar-refractivity contribution in [3.05, 3.63) is 41.6 Å². The Morgan fingerprint density at radius 1 is 1.32 bits per heavy atom. The van der Waals surface area contributed by atoms with E-state index in [1.807, 2.05) is 36.1 Å². The van der Waals surface area contributed by atoms with E-state index in [1.165, 1.54) is 0 Å². The molecule has 0 aliphatic carbocycles. The highest BCUT2D eigenvalue weighted by Crippen LogP contribution is 2.28. The number of aromatic nitrogens is 5. The third-order valence-corrected chi connectivity index (χ3v) is 4.77. The molecule has 1 amide bonds. The minimum atomic E-state index is -0.0573. The summed E-state index contributed by atoms with van der Waals surface area (Å²) in [5, 5.41) is 16.6. The van der Waals surface area contributed by atoms with Crippen molar-refractivity contribution in [2.45, 2.75) is 39.8 Å². The molecule has 130 valence electrons. The summed E-state index contributed by atoms with van der Waals surface area (Å²) in [6.07, 6.45) is 0.983. The number of benzene rings is 1. The molecule has 0 unspecified atom stereocenters. The second kappa shape index (κ2) is 5.98. The number of amides is 1. The Kier molecular flexibility index (Phi) is 3.78. The number of para-hydroxylation sites is 1. The van der Waals surface area contributed by atoms with Gasteiger partial charge < -0.3 is 9.47 Å². The molecule has 0 spiro atoms. The molecule has 4 rings (SSSR count). The lowest BCUT2D eigenvalue weighted by Gasteiger charge is -2.34. The van der Waals surface area contributed by atoms with Crippen molar-refractivity contribution in [1.82, 2.24) is 29.9 Å². The van der Waals surface area contributed by atoms with Gasteiger partial charge in [-0.05, 0) is 25.3 Å². The Labute approximate surface area is 146 Å². The van der Waals surface area contributed by atoms with Crippen molar-refractivity contribution in [2.24, 2.45) is 5.92 Å². The van der Waals surface area contributed by atoms with E-state index in [2.05, 4.69) is 38.8 Å². The summed E-state index contributed by atoms with van der Waals surface area (Å²) in [4.78, 5) is 15.0. The maximum absolute atomic E-state index is 13.1. The first kappa shape index (κ1) is 15.8. The first-order valence-electron chi connectivity index (χ1n) is 8.67. The molecule has 1 aromatic carbocycles. The summed E-state index contributed by atoms with van der Waals surface area (Å²) in [5.74, 6) is 2.24. The van der Waals surface area contributed by atoms with Gasteiger partial charge in [0.1, 0.15) is 5.82 Å². The fourth-order valence-corrected chi connectivity index (χ4v) is 3.72. The molecule has 25 heavy (non-hydrogen) atoms. The van der Waals surface area contributed by atoms with Gasteiger partial charge in [-0.25, -0.2) is 0 Å². The summed E-state index contributed by atoms with van der Waals surface area (Å²) in [6.45, 7) is 7.49. The van der Waals surface area contributed by atoms with Crippen molar-refractivity contribution >= 4 is 16.8 Å². The smallest absolute Gasteiger partial charge is 0.275 e. The van der Waals surface area contributed by atoms with Gasteiger partial charge in [0.15, 0.2) is 11.5 Å². The highest BCUT2D eigenvalue weighted by Gasteiger charge is 2.32. The minimum absolute atomic E-state index is 0.0573. The van der Waals surface area contributed by atoms with Crippen LogP contribution in [-0.4, -0.2) is 42.3 Å². The van der Waals surface area contributed by atoms with Crippen molar-refractivity contribution in [3.63, 3.8) is 0 Å². The average molecular weight is 338 g/mol. The Hall–Kier alpha value is -2.70. The zero-order chi connectivity index (χ0) is 17.6. The quantitative estimate of drug-likeness (QED) is 0.796.